The molecule has 0 bridgehead atoms. The second-order valence-corrected chi connectivity index (χ2v) is 4.29. The van der Waals surface area contributed by atoms with E-state index in [9.17, 15) is 0 Å². The van der Waals surface area contributed by atoms with Crippen molar-refractivity contribution in [1.29, 1.82) is 0 Å². The Balaban J connectivity index is 1.94. The molecular weight excluding hydrogens is 268 g/mol. The molecule has 0 aliphatic carbocycles. The van der Waals surface area contributed by atoms with Crippen LogP contribution in [0.2, 0.25) is 0 Å². The number of nitrogen functional groups attached to an aromatic ring is 2. The normalized spacial score (nSPS) is 10.4. The molecule has 21 heavy (non-hydrogen) atoms. The Morgan fingerprint density at radius 3 is 2.38 bits per heavy atom. The zero-order valence-corrected chi connectivity index (χ0v) is 11.0. The summed E-state index contributed by atoms with van der Waals surface area (Å²) in [5.41, 5.74) is 6.68. The number of nitrogens with two attached hydrogens (primary N) is 2. The van der Waals surface area contributed by atoms with Crippen LogP contribution in [0, 0.1) is 0 Å². The highest BCUT2D eigenvalue weighted by Gasteiger charge is 2.04. The van der Waals surface area contributed by atoms with Crippen molar-refractivity contribution < 1.29 is 0 Å². The van der Waals surface area contributed by atoms with Crippen LogP contribution in [0.3, 0.4) is 0 Å². The van der Waals surface area contributed by atoms with Gasteiger partial charge in [0.1, 0.15) is 11.6 Å². The van der Waals surface area contributed by atoms with Crippen LogP contribution in [0.1, 0.15) is 0 Å². The number of fused-ring (bicyclic) bond motifs is 1. The lowest BCUT2D eigenvalue weighted by atomic mass is 10.2. The zero-order valence-electron chi connectivity index (χ0n) is 11.0. The molecule has 0 aliphatic rings. The van der Waals surface area contributed by atoms with E-state index in [0.29, 0.717) is 17.6 Å². The highest BCUT2D eigenvalue weighted by atomic mass is 15.3. The molecule has 0 saturated heterocycles. The predicted octanol–water partition coefficient (Wildman–Crippen LogP) is 1.34. The summed E-state index contributed by atoms with van der Waals surface area (Å²) in [6.45, 7) is 0. The van der Waals surface area contributed by atoms with Gasteiger partial charge in [-0.25, -0.2) is 11.7 Å². The number of rotatable bonds is 4. The third-order valence-corrected chi connectivity index (χ3v) is 2.88. The van der Waals surface area contributed by atoms with Crippen molar-refractivity contribution in [3.05, 3.63) is 42.6 Å². The Kier molecular flexibility index (Phi) is 3.46. The number of hydrogen-bond acceptors (Lipinski definition) is 8. The Morgan fingerprint density at radius 2 is 1.67 bits per heavy atom. The highest BCUT2D eigenvalue weighted by molar-refractivity contribution is 5.82. The molecule has 2 aromatic heterocycles. The van der Waals surface area contributed by atoms with Crippen LogP contribution < -0.4 is 27.9 Å². The van der Waals surface area contributed by atoms with E-state index in [0.717, 1.165) is 16.6 Å². The lowest BCUT2D eigenvalue weighted by Crippen LogP contribution is -2.14. The minimum atomic E-state index is 0.377. The predicted molar refractivity (Wildman–Crippen MR) is 82.7 cm³/mol. The highest BCUT2D eigenvalue weighted by Crippen LogP contribution is 2.21. The first-order chi connectivity index (χ1) is 10.3. The molecular formula is C13H14N8. The Bertz CT molecular complexity index is 751. The van der Waals surface area contributed by atoms with Gasteiger partial charge in [0.25, 0.3) is 0 Å². The van der Waals surface area contributed by atoms with Crippen molar-refractivity contribution in [2.24, 2.45) is 11.7 Å². The summed E-state index contributed by atoms with van der Waals surface area (Å²) >= 11 is 0. The molecule has 0 aliphatic heterocycles. The van der Waals surface area contributed by atoms with E-state index in [1.54, 1.807) is 12.3 Å². The standard InChI is InChI=1S/C13H14N8/c14-20-11-7-12(21-15)19-13(18-11)17-9-3-4-10-8(6-9)2-1-5-16-10/h1-7H,14-15H2,(H3,17,18,19,20,21). The second kappa shape index (κ2) is 5.57. The minimum Gasteiger partial charge on any atom is -0.324 e. The number of anilines is 4. The van der Waals surface area contributed by atoms with Crippen LogP contribution in [-0.4, -0.2) is 15.0 Å². The van der Waals surface area contributed by atoms with Crippen LogP contribution >= 0.6 is 0 Å². The molecule has 8 nitrogen and oxygen atoms in total. The first-order valence-corrected chi connectivity index (χ1v) is 6.22. The summed E-state index contributed by atoms with van der Waals surface area (Å²) in [7, 11) is 0. The average molecular weight is 282 g/mol. The van der Waals surface area contributed by atoms with Crippen LogP contribution in [0.15, 0.2) is 42.6 Å². The Morgan fingerprint density at radius 1 is 0.905 bits per heavy atom. The van der Waals surface area contributed by atoms with E-state index < -0.39 is 0 Å². The fourth-order valence-electron chi connectivity index (χ4n) is 1.93. The second-order valence-electron chi connectivity index (χ2n) is 4.29. The average Bonchev–Trinajstić information content (AvgIpc) is 2.54. The van der Waals surface area contributed by atoms with Crippen molar-refractivity contribution in [3.63, 3.8) is 0 Å². The van der Waals surface area contributed by atoms with E-state index in [2.05, 4.69) is 31.1 Å². The molecule has 0 saturated carbocycles. The third kappa shape index (κ3) is 2.81. The summed E-state index contributed by atoms with van der Waals surface area (Å²) in [6.07, 6.45) is 1.76. The van der Waals surface area contributed by atoms with Gasteiger partial charge in [0.15, 0.2) is 0 Å². The van der Waals surface area contributed by atoms with E-state index >= 15 is 0 Å². The van der Waals surface area contributed by atoms with Gasteiger partial charge in [-0.05, 0) is 24.3 Å². The largest absolute Gasteiger partial charge is 0.324 e. The molecule has 3 rings (SSSR count). The summed E-state index contributed by atoms with van der Waals surface area (Å²) in [5, 5.41) is 4.13. The fraction of sp³-hybridized carbons (Fsp3) is 0. The lowest BCUT2D eigenvalue weighted by molar-refractivity contribution is 1.12. The maximum Gasteiger partial charge on any atom is 0.231 e. The van der Waals surface area contributed by atoms with Gasteiger partial charge in [0.05, 0.1) is 5.52 Å². The van der Waals surface area contributed by atoms with Gasteiger partial charge in [0.2, 0.25) is 5.95 Å². The number of aromatic nitrogens is 3. The Labute approximate surface area is 120 Å². The molecule has 7 N–H and O–H groups in total. The van der Waals surface area contributed by atoms with Crippen LogP contribution in [0.25, 0.3) is 10.9 Å². The maximum absolute atomic E-state index is 5.37. The van der Waals surface area contributed by atoms with E-state index in [1.807, 2.05) is 30.3 Å². The van der Waals surface area contributed by atoms with Gasteiger partial charge in [-0.15, -0.1) is 0 Å². The fourth-order valence-corrected chi connectivity index (χ4v) is 1.93. The van der Waals surface area contributed by atoms with Crippen molar-refractivity contribution in [2.45, 2.75) is 0 Å². The van der Waals surface area contributed by atoms with Crippen molar-refractivity contribution in [1.82, 2.24) is 15.0 Å². The van der Waals surface area contributed by atoms with E-state index in [-0.39, 0.29) is 0 Å². The summed E-state index contributed by atoms with van der Waals surface area (Å²) in [4.78, 5) is 12.7. The third-order valence-electron chi connectivity index (χ3n) is 2.88. The SMILES string of the molecule is NNc1cc(NN)nc(Nc2ccc3ncccc3c2)n1. The maximum atomic E-state index is 5.37. The quantitative estimate of drug-likeness (QED) is 0.358. The van der Waals surface area contributed by atoms with Gasteiger partial charge in [-0.2, -0.15) is 9.97 Å². The van der Waals surface area contributed by atoms with Crippen LogP contribution in [0.4, 0.5) is 23.3 Å². The number of benzene rings is 1. The van der Waals surface area contributed by atoms with Crippen LogP contribution in [-0.2, 0) is 0 Å². The number of hydrogen-bond donors (Lipinski definition) is 5. The lowest BCUT2D eigenvalue weighted by Gasteiger charge is -2.09. The van der Waals surface area contributed by atoms with Gasteiger partial charge in [-0.1, -0.05) is 6.07 Å². The minimum absolute atomic E-state index is 0.377. The molecule has 0 fully saturated rings. The molecule has 2 heterocycles. The monoisotopic (exact) mass is 282 g/mol. The molecule has 3 aromatic rings. The molecule has 1 aromatic carbocycles. The number of nitrogens with one attached hydrogen (secondary N) is 3. The van der Waals surface area contributed by atoms with Gasteiger partial charge in [-0.3, -0.25) is 4.98 Å². The van der Waals surface area contributed by atoms with E-state index in [1.165, 1.54) is 0 Å². The number of pyridine rings is 1. The van der Waals surface area contributed by atoms with Crippen LogP contribution in [0.5, 0.6) is 0 Å². The molecule has 0 spiro atoms. The first kappa shape index (κ1) is 13.0. The number of hydrazine groups is 2. The molecule has 0 unspecified atom stereocenters. The van der Waals surface area contributed by atoms with Crippen molar-refractivity contribution in [2.75, 3.05) is 16.2 Å². The van der Waals surface area contributed by atoms with Crippen molar-refractivity contribution in [3.8, 4) is 0 Å². The molecule has 106 valence electrons. The summed E-state index contributed by atoms with van der Waals surface area (Å²) in [5.74, 6) is 12.0. The van der Waals surface area contributed by atoms with E-state index in [4.69, 9.17) is 11.7 Å². The number of nitrogens with zero attached hydrogens (tertiary/aromatic N) is 3. The topological polar surface area (TPSA) is 127 Å². The molecule has 0 atom stereocenters. The summed E-state index contributed by atoms with van der Waals surface area (Å²) in [6, 6.07) is 11.2. The molecule has 0 amide bonds. The van der Waals surface area contributed by atoms with Gasteiger partial charge >= 0.3 is 0 Å². The molecule has 0 radical (unpaired) electrons. The smallest absolute Gasteiger partial charge is 0.231 e. The zero-order chi connectivity index (χ0) is 14.7. The summed E-state index contributed by atoms with van der Waals surface area (Å²) < 4.78 is 0. The molecule has 8 heteroatoms. The van der Waals surface area contributed by atoms with Gasteiger partial charge in [0, 0.05) is 23.3 Å². The first-order valence-electron chi connectivity index (χ1n) is 6.22. The Hall–Kier alpha value is -2.97. The van der Waals surface area contributed by atoms with Crippen molar-refractivity contribution >= 4 is 34.2 Å². The van der Waals surface area contributed by atoms with Gasteiger partial charge < -0.3 is 16.2 Å².